The van der Waals surface area contributed by atoms with Crippen LogP contribution in [0, 0.1) is 5.92 Å². The molecule has 0 fully saturated rings. The molecular weight excluding hydrogens is 136 g/mol. The van der Waals surface area contributed by atoms with Gasteiger partial charge in [-0.2, -0.15) is 0 Å². The third-order valence-electron chi connectivity index (χ3n) is 1.42. The van der Waals surface area contributed by atoms with Crippen molar-refractivity contribution < 1.29 is 5.11 Å². The van der Waals surface area contributed by atoms with Gasteiger partial charge in [-0.3, -0.25) is 0 Å². The number of rotatable bonds is 3. The predicted molar refractivity (Wildman–Crippen MR) is 49.5 cm³/mol. The summed E-state index contributed by atoms with van der Waals surface area (Å²) in [6.07, 6.45) is 2.76. The van der Waals surface area contributed by atoms with E-state index in [9.17, 15) is 5.11 Å². The number of allylic oxidation sites excluding steroid dienone is 1. The Morgan fingerprint density at radius 1 is 1.45 bits per heavy atom. The van der Waals surface area contributed by atoms with E-state index in [0.717, 1.165) is 6.42 Å². The summed E-state index contributed by atoms with van der Waals surface area (Å²) in [5.74, 6) is 0.542. The highest BCUT2D eigenvalue weighted by Crippen LogP contribution is 2.18. The van der Waals surface area contributed by atoms with Crippen molar-refractivity contribution >= 4 is 0 Å². The van der Waals surface area contributed by atoms with Gasteiger partial charge in [0.25, 0.3) is 0 Å². The maximum absolute atomic E-state index is 9.78. The average molecular weight is 156 g/mol. The fourth-order valence-electron chi connectivity index (χ4n) is 1.51. The van der Waals surface area contributed by atoms with E-state index in [4.69, 9.17) is 0 Å². The molecule has 0 rings (SSSR count). The van der Waals surface area contributed by atoms with Gasteiger partial charge in [0.1, 0.15) is 0 Å². The molecule has 0 aliphatic heterocycles. The van der Waals surface area contributed by atoms with Crippen molar-refractivity contribution in [3.05, 3.63) is 11.6 Å². The van der Waals surface area contributed by atoms with Gasteiger partial charge in [0.15, 0.2) is 0 Å². The van der Waals surface area contributed by atoms with Crippen LogP contribution in [-0.4, -0.2) is 10.7 Å². The first-order chi connectivity index (χ1) is 4.83. The summed E-state index contributed by atoms with van der Waals surface area (Å²) in [5.41, 5.74) is 0.558. The van der Waals surface area contributed by atoms with Crippen LogP contribution in [0.2, 0.25) is 0 Å². The zero-order valence-electron chi connectivity index (χ0n) is 8.31. The van der Waals surface area contributed by atoms with Crippen LogP contribution in [0.25, 0.3) is 0 Å². The monoisotopic (exact) mass is 156 g/mol. The second-order valence-corrected chi connectivity index (χ2v) is 4.18. The minimum absolute atomic E-state index is 0.542. The first-order valence-corrected chi connectivity index (χ1v) is 4.22. The van der Waals surface area contributed by atoms with Gasteiger partial charge in [-0.15, -0.1) is 0 Å². The molecule has 1 atom stereocenters. The molecule has 0 radical (unpaired) electrons. The largest absolute Gasteiger partial charge is 0.386 e. The van der Waals surface area contributed by atoms with Crippen molar-refractivity contribution in [2.75, 3.05) is 0 Å². The van der Waals surface area contributed by atoms with Crippen LogP contribution in [0.5, 0.6) is 0 Å². The van der Waals surface area contributed by atoms with Crippen molar-refractivity contribution in [2.45, 2.75) is 46.6 Å². The molecule has 1 N–H and O–H groups in total. The molecule has 0 amide bonds. The smallest absolute Gasteiger partial charge is 0.0804 e. The van der Waals surface area contributed by atoms with Gasteiger partial charge in [-0.25, -0.2) is 0 Å². The van der Waals surface area contributed by atoms with Gasteiger partial charge in [0, 0.05) is 0 Å². The molecule has 66 valence electrons. The van der Waals surface area contributed by atoms with Crippen LogP contribution in [0.15, 0.2) is 11.6 Å². The third kappa shape index (κ3) is 6.11. The first kappa shape index (κ1) is 10.7. The van der Waals surface area contributed by atoms with E-state index in [0.29, 0.717) is 5.92 Å². The summed E-state index contributed by atoms with van der Waals surface area (Å²) in [5, 5.41) is 9.78. The molecule has 1 heteroatoms. The quantitative estimate of drug-likeness (QED) is 0.623. The van der Waals surface area contributed by atoms with Gasteiger partial charge in [0.2, 0.25) is 0 Å². The standard InChI is InChI=1S/C10H20O/c1-8(2)6-10(5,11)7-9(3)4/h6,9,11H,7H2,1-5H3. The Kier molecular flexibility index (Phi) is 3.81. The lowest BCUT2D eigenvalue weighted by Gasteiger charge is -2.21. The summed E-state index contributed by atoms with van der Waals surface area (Å²) in [7, 11) is 0. The zero-order chi connectivity index (χ0) is 9.07. The second kappa shape index (κ2) is 3.91. The molecule has 0 aliphatic carbocycles. The second-order valence-electron chi connectivity index (χ2n) is 4.18. The molecule has 0 saturated carbocycles. The number of hydrogen-bond acceptors (Lipinski definition) is 1. The van der Waals surface area contributed by atoms with E-state index in [1.807, 2.05) is 26.8 Å². The summed E-state index contributed by atoms with van der Waals surface area (Å²) in [4.78, 5) is 0. The van der Waals surface area contributed by atoms with E-state index in [2.05, 4.69) is 13.8 Å². The van der Waals surface area contributed by atoms with Crippen molar-refractivity contribution in [3.8, 4) is 0 Å². The molecule has 11 heavy (non-hydrogen) atoms. The van der Waals surface area contributed by atoms with E-state index in [-0.39, 0.29) is 0 Å². The van der Waals surface area contributed by atoms with Crippen molar-refractivity contribution in [2.24, 2.45) is 5.92 Å². The fourth-order valence-corrected chi connectivity index (χ4v) is 1.51. The van der Waals surface area contributed by atoms with Gasteiger partial charge >= 0.3 is 0 Å². The van der Waals surface area contributed by atoms with Gasteiger partial charge in [-0.1, -0.05) is 25.5 Å². The van der Waals surface area contributed by atoms with Crippen molar-refractivity contribution in [1.82, 2.24) is 0 Å². The minimum atomic E-state index is -0.618. The van der Waals surface area contributed by atoms with Crippen LogP contribution < -0.4 is 0 Å². The van der Waals surface area contributed by atoms with Gasteiger partial charge < -0.3 is 5.11 Å². The third-order valence-corrected chi connectivity index (χ3v) is 1.42. The Morgan fingerprint density at radius 2 is 1.91 bits per heavy atom. The predicted octanol–water partition coefficient (Wildman–Crippen LogP) is 2.75. The summed E-state index contributed by atoms with van der Waals surface area (Å²) < 4.78 is 0. The molecule has 0 aromatic heterocycles. The van der Waals surface area contributed by atoms with E-state index in [1.54, 1.807) is 0 Å². The summed E-state index contributed by atoms with van der Waals surface area (Å²) in [6, 6.07) is 0. The Bertz CT molecular complexity index is 139. The molecular formula is C10H20O. The Morgan fingerprint density at radius 3 is 2.18 bits per heavy atom. The van der Waals surface area contributed by atoms with Crippen LogP contribution in [0.1, 0.15) is 41.0 Å². The first-order valence-electron chi connectivity index (χ1n) is 4.22. The fraction of sp³-hybridized carbons (Fsp3) is 0.800. The van der Waals surface area contributed by atoms with Crippen LogP contribution in [0.3, 0.4) is 0 Å². The highest BCUT2D eigenvalue weighted by atomic mass is 16.3. The molecule has 0 aromatic rings. The van der Waals surface area contributed by atoms with Crippen LogP contribution in [0.4, 0.5) is 0 Å². The topological polar surface area (TPSA) is 20.2 Å². The Balaban J connectivity index is 4.11. The van der Waals surface area contributed by atoms with Crippen molar-refractivity contribution in [3.63, 3.8) is 0 Å². The van der Waals surface area contributed by atoms with Crippen molar-refractivity contribution in [1.29, 1.82) is 0 Å². The SMILES string of the molecule is CC(C)=CC(C)(O)CC(C)C. The maximum atomic E-state index is 9.78. The summed E-state index contributed by atoms with van der Waals surface area (Å²) >= 11 is 0. The lowest BCUT2D eigenvalue weighted by Crippen LogP contribution is -2.23. The van der Waals surface area contributed by atoms with Gasteiger partial charge in [0.05, 0.1) is 5.60 Å². The molecule has 0 aliphatic rings. The van der Waals surface area contributed by atoms with E-state index < -0.39 is 5.60 Å². The van der Waals surface area contributed by atoms with E-state index >= 15 is 0 Å². The Hall–Kier alpha value is -0.300. The zero-order valence-corrected chi connectivity index (χ0v) is 8.31. The van der Waals surface area contributed by atoms with Crippen LogP contribution >= 0.6 is 0 Å². The highest BCUT2D eigenvalue weighted by molar-refractivity contribution is 5.04. The molecule has 0 spiro atoms. The Labute approximate surface area is 70.1 Å². The lowest BCUT2D eigenvalue weighted by atomic mass is 9.93. The molecule has 0 bridgehead atoms. The highest BCUT2D eigenvalue weighted by Gasteiger charge is 2.17. The number of hydrogen-bond donors (Lipinski definition) is 1. The maximum Gasteiger partial charge on any atom is 0.0804 e. The van der Waals surface area contributed by atoms with E-state index in [1.165, 1.54) is 5.57 Å². The molecule has 0 heterocycles. The number of aliphatic hydroxyl groups is 1. The average Bonchev–Trinajstić information content (AvgIpc) is 1.53. The molecule has 1 nitrogen and oxygen atoms in total. The van der Waals surface area contributed by atoms with Gasteiger partial charge in [-0.05, 0) is 33.1 Å². The summed E-state index contributed by atoms with van der Waals surface area (Å²) in [6.45, 7) is 10.1. The minimum Gasteiger partial charge on any atom is -0.386 e. The molecule has 1 unspecified atom stereocenters. The normalized spacial score (nSPS) is 16.3. The lowest BCUT2D eigenvalue weighted by molar-refractivity contribution is 0.0868. The molecule has 0 aromatic carbocycles. The van der Waals surface area contributed by atoms with Crippen LogP contribution in [-0.2, 0) is 0 Å². The molecule has 0 saturated heterocycles.